The van der Waals surface area contributed by atoms with Crippen molar-refractivity contribution in [2.45, 2.75) is 17.7 Å². The van der Waals surface area contributed by atoms with E-state index in [9.17, 15) is 13.2 Å². The van der Waals surface area contributed by atoms with Crippen LogP contribution in [0.1, 0.15) is 12.5 Å². The number of hydrogen-bond acceptors (Lipinski definition) is 5. The van der Waals surface area contributed by atoms with Crippen LogP contribution in [0.2, 0.25) is 4.34 Å². The molecule has 2 rings (SSSR count). The van der Waals surface area contributed by atoms with Gasteiger partial charge in [-0.15, -0.1) is 11.3 Å². The maximum atomic E-state index is 12.0. The van der Waals surface area contributed by atoms with Crippen LogP contribution in [0, 0.1) is 0 Å². The zero-order valence-electron chi connectivity index (χ0n) is 13.0. The van der Waals surface area contributed by atoms with E-state index in [-0.39, 0.29) is 10.8 Å². The Bertz CT molecular complexity index is 806. The SMILES string of the molecule is CCNCc1cccc(NC(=O)CNS(=O)(=O)c2ccc(Cl)s2)c1. The van der Waals surface area contributed by atoms with Crippen molar-refractivity contribution < 1.29 is 13.2 Å². The molecular formula is C15H18ClN3O3S2. The second-order valence-corrected chi connectivity index (χ2v) is 8.62. The number of carbonyl (C=O) groups is 1. The fraction of sp³-hybridized carbons (Fsp3) is 0.267. The molecule has 0 bridgehead atoms. The maximum absolute atomic E-state index is 12.0. The van der Waals surface area contributed by atoms with E-state index < -0.39 is 15.9 Å². The molecule has 130 valence electrons. The second-order valence-electron chi connectivity index (χ2n) is 4.91. The molecule has 0 radical (unpaired) electrons. The van der Waals surface area contributed by atoms with E-state index in [1.165, 1.54) is 12.1 Å². The van der Waals surface area contributed by atoms with Crippen LogP contribution in [0.5, 0.6) is 0 Å². The predicted molar refractivity (Wildman–Crippen MR) is 97.0 cm³/mol. The minimum atomic E-state index is -3.73. The Labute approximate surface area is 150 Å². The first-order valence-electron chi connectivity index (χ1n) is 7.25. The topological polar surface area (TPSA) is 87.3 Å². The second kappa shape index (κ2) is 8.59. The summed E-state index contributed by atoms with van der Waals surface area (Å²) in [5, 5.41) is 5.87. The number of hydrogen-bond donors (Lipinski definition) is 3. The van der Waals surface area contributed by atoms with Crippen molar-refractivity contribution in [1.82, 2.24) is 10.0 Å². The van der Waals surface area contributed by atoms with Crippen molar-refractivity contribution in [3.8, 4) is 0 Å². The van der Waals surface area contributed by atoms with Gasteiger partial charge in [0, 0.05) is 12.2 Å². The van der Waals surface area contributed by atoms with Crippen LogP contribution in [0.25, 0.3) is 0 Å². The van der Waals surface area contributed by atoms with Crippen LogP contribution in [-0.2, 0) is 21.4 Å². The molecule has 0 fully saturated rings. The molecule has 1 amide bonds. The maximum Gasteiger partial charge on any atom is 0.250 e. The Morgan fingerprint density at radius 3 is 2.71 bits per heavy atom. The number of halogens is 1. The molecule has 1 aromatic carbocycles. The minimum Gasteiger partial charge on any atom is -0.325 e. The van der Waals surface area contributed by atoms with Crippen molar-refractivity contribution in [3.63, 3.8) is 0 Å². The van der Waals surface area contributed by atoms with Crippen molar-refractivity contribution >= 4 is 44.6 Å². The number of sulfonamides is 1. The van der Waals surface area contributed by atoms with Gasteiger partial charge in [-0.3, -0.25) is 4.79 Å². The number of amides is 1. The number of rotatable bonds is 8. The smallest absolute Gasteiger partial charge is 0.250 e. The standard InChI is InChI=1S/C15H18ClN3O3S2/c1-2-17-9-11-4-3-5-12(8-11)19-14(20)10-18-24(21,22)15-7-6-13(16)23-15/h3-8,17-18H,2,9-10H2,1H3,(H,19,20). The number of anilines is 1. The Morgan fingerprint density at radius 2 is 2.04 bits per heavy atom. The number of carbonyl (C=O) groups excluding carboxylic acids is 1. The van der Waals surface area contributed by atoms with Gasteiger partial charge in [0.1, 0.15) is 4.21 Å². The molecule has 0 spiro atoms. The molecule has 0 aliphatic rings. The average Bonchev–Trinajstić information content (AvgIpc) is 2.99. The number of benzene rings is 1. The Hall–Kier alpha value is -1.45. The molecule has 0 atom stereocenters. The lowest BCUT2D eigenvalue weighted by Crippen LogP contribution is -2.32. The molecule has 0 unspecified atom stereocenters. The first kappa shape index (κ1) is 18.9. The zero-order chi connectivity index (χ0) is 17.6. The summed E-state index contributed by atoms with van der Waals surface area (Å²) in [7, 11) is -3.73. The van der Waals surface area contributed by atoms with Gasteiger partial charge >= 0.3 is 0 Å². The highest BCUT2D eigenvalue weighted by Crippen LogP contribution is 2.25. The molecule has 24 heavy (non-hydrogen) atoms. The van der Waals surface area contributed by atoms with Crippen molar-refractivity contribution in [3.05, 3.63) is 46.3 Å². The summed E-state index contributed by atoms with van der Waals surface area (Å²) in [6.45, 7) is 3.21. The summed E-state index contributed by atoms with van der Waals surface area (Å²) in [4.78, 5) is 11.9. The summed E-state index contributed by atoms with van der Waals surface area (Å²) in [5.74, 6) is -0.443. The molecule has 9 heteroatoms. The molecule has 3 N–H and O–H groups in total. The molecule has 0 saturated carbocycles. The lowest BCUT2D eigenvalue weighted by atomic mass is 10.2. The normalized spacial score (nSPS) is 11.4. The van der Waals surface area contributed by atoms with Crippen LogP contribution in [0.15, 0.2) is 40.6 Å². The van der Waals surface area contributed by atoms with Gasteiger partial charge in [-0.2, -0.15) is 0 Å². The van der Waals surface area contributed by atoms with Crippen LogP contribution < -0.4 is 15.4 Å². The summed E-state index contributed by atoms with van der Waals surface area (Å²) >= 11 is 6.67. The van der Waals surface area contributed by atoms with E-state index in [2.05, 4.69) is 15.4 Å². The first-order chi connectivity index (χ1) is 11.4. The molecule has 6 nitrogen and oxygen atoms in total. The minimum absolute atomic E-state index is 0.0768. The van der Waals surface area contributed by atoms with Gasteiger partial charge in [-0.1, -0.05) is 30.7 Å². The van der Waals surface area contributed by atoms with Crippen LogP contribution >= 0.6 is 22.9 Å². The third-order valence-electron chi connectivity index (χ3n) is 3.03. The van der Waals surface area contributed by atoms with Crippen LogP contribution in [-0.4, -0.2) is 27.4 Å². The van der Waals surface area contributed by atoms with Gasteiger partial charge in [0.15, 0.2) is 0 Å². The van der Waals surface area contributed by atoms with E-state index >= 15 is 0 Å². The average molecular weight is 388 g/mol. The summed E-state index contributed by atoms with van der Waals surface area (Å²) in [6.07, 6.45) is 0. The highest BCUT2D eigenvalue weighted by atomic mass is 35.5. The fourth-order valence-corrected chi connectivity index (χ4v) is 4.42. The van der Waals surface area contributed by atoms with Crippen LogP contribution in [0.3, 0.4) is 0 Å². The Balaban J connectivity index is 1.91. The Kier molecular flexibility index (Phi) is 6.76. The van der Waals surface area contributed by atoms with Gasteiger partial charge in [-0.25, -0.2) is 13.1 Å². The van der Waals surface area contributed by atoms with Gasteiger partial charge in [0.2, 0.25) is 5.91 Å². The molecule has 1 aromatic heterocycles. The molecule has 1 heterocycles. The van der Waals surface area contributed by atoms with Gasteiger partial charge in [0.25, 0.3) is 10.0 Å². The summed E-state index contributed by atoms with van der Waals surface area (Å²) in [6, 6.07) is 10.3. The highest BCUT2D eigenvalue weighted by Gasteiger charge is 2.17. The molecule has 2 aromatic rings. The summed E-state index contributed by atoms with van der Waals surface area (Å²) in [5.41, 5.74) is 1.65. The van der Waals surface area contributed by atoms with Gasteiger partial charge < -0.3 is 10.6 Å². The van der Waals surface area contributed by atoms with Crippen LogP contribution in [0.4, 0.5) is 5.69 Å². The monoisotopic (exact) mass is 387 g/mol. The third-order valence-corrected chi connectivity index (χ3v) is 6.15. The number of nitrogens with one attached hydrogen (secondary N) is 3. The van der Waals surface area contributed by atoms with E-state index in [1.54, 1.807) is 6.07 Å². The quantitative estimate of drug-likeness (QED) is 0.649. The lowest BCUT2D eigenvalue weighted by Gasteiger charge is -2.09. The zero-order valence-corrected chi connectivity index (χ0v) is 15.4. The summed E-state index contributed by atoms with van der Waals surface area (Å²) < 4.78 is 26.8. The molecule has 0 aliphatic heterocycles. The van der Waals surface area contributed by atoms with Crippen molar-refractivity contribution in [2.75, 3.05) is 18.4 Å². The van der Waals surface area contributed by atoms with E-state index in [4.69, 9.17) is 11.6 Å². The largest absolute Gasteiger partial charge is 0.325 e. The molecule has 0 aliphatic carbocycles. The molecule has 0 saturated heterocycles. The predicted octanol–water partition coefficient (Wildman–Crippen LogP) is 2.43. The van der Waals surface area contributed by atoms with Crippen molar-refractivity contribution in [2.24, 2.45) is 0 Å². The third kappa shape index (κ3) is 5.57. The highest BCUT2D eigenvalue weighted by molar-refractivity contribution is 7.91. The lowest BCUT2D eigenvalue weighted by molar-refractivity contribution is -0.115. The molecular weight excluding hydrogens is 370 g/mol. The van der Waals surface area contributed by atoms with E-state index in [1.807, 2.05) is 25.1 Å². The fourth-order valence-electron chi connectivity index (χ4n) is 1.91. The number of thiophene rings is 1. The van der Waals surface area contributed by atoms with Gasteiger partial charge in [0.05, 0.1) is 10.9 Å². The van der Waals surface area contributed by atoms with Crippen molar-refractivity contribution in [1.29, 1.82) is 0 Å². The van der Waals surface area contributed by atoms with E-state index in [0.29, 0.717) is 16.6 Å². The van der Waals surface area contributed by atoms with Gasteiger partial charge in [-0.05, 0) is 36.4 Å². The van der Waals surface area contributed by atoms with E-state index in [0.717, 1.165) is 23.4 Å². The Morgan fingerprint density at radius 1 is 1.25 bits per heavy atom. The first-order valence-corrected chi connectivity index (χ1v) is 9.93.